The Kier molecular flexibility index (Phi) is 5.23. The molecule has 0 radical (unpaired) electrons. The van der Waals surface area contributed by atoms with E-state index >= 15 is 0 Å². The average Bonchev–Trinajstić information content (AvgIpc) is 2.76. The summed E-state index contributed by atoms with van der Waals surface area (Å²) < 4.78 is 0. The van der Waals surface area contributed by atoms with Crippen LogP contribution in [0.15, 0.2) is 0 Å². The number of hydrogen-bond acceptors (Lipinski definition) is 2. The van der Waals surface area contributed by atoms with Gasteiger partial charge in [-0.25, -0.2) is 0 Å². The predicted molar refractivity (Wildman–Crippen MR) is 78.7 cm³/mol. The third kappa shape index (κ3) is 4.82. The fraction of sp³-hybridized carbons (Fsp3) is 1.00. The van der Waals surface area contributed by atoms with E-state index in [1.54, 1.807) is 0 Å². The monoisotopic (exact) mass is 255 g/mol. The summed E-state index contributed by atoms with van der Waals surface area (Å²) in [4.78, 5) is 0. The third-order valence-electron chi connectivity index (χ3n) is 4.31. The lowest BCUT2D eigenvalue weighted by molar-refractivity contribution is 0.315. The summed E-state index contributed by atoms with van der Waals surface area (Å²) in [6.45, 7) is 6.07. The Bertz CT molecular complexity index is 221. The predicted octanol–water partition coefficient (Wildman–Crippen LogP) is 4.08. The first kappa shape index (κ1) is 13.7. The van der Waals surface area contributed by atoms with Crippen molar-refractivity contribution in [2.45, 2.75) is 64.8 Å². The van der Waals surface area contributed by atoms with E-state index in [-0.39, 0.29) is 0 Å². The van der Waals surface area contributed by atoms with E-state index in [2.05, 4.69) is 30.9 Å². The number of nitrogens with one attached hydrogen (secondary N) is 1. The van der Waals surface area contributed by atoms with Gasteiger partial charge in [0.15, 0.2) is 0 Å². The zero-order valence-corrected chi connectivity index (χ0v) is 12.5. The van der Waals surface area contributed by atoms with E-state index in [9.17, 15) is 0 Å². The van der Waals surface area contributed by atoms with E-state index in [0.717, 1.165) is 12.0 Å². The molecule has 2 heteroatoms. The summed E-state index contributed by atoms with van der Waals surface area (Å²) in [5.74, 6) is 3.73. The van der Waals surface area contributed by atoms with Crippen LogP contribution >= 0.6 is 11.8 Å². The maximum Gasteiger partial charge on any atom is 0.0163 e. The van der Waals surface area contributed by atoms with Gasteiger partial charge in [-0.3, -0.25) is 0 Å². The van der Waals surface area contributed by atoms with Gasteiger partial charge in [-0.05, 0) is 42.9 Å². The molecule has 0 bridgehead atoms. The highest BCUT2D eigenvalue weighted by Crippen LogP contribution is 2.33. The maximum atomic E-state index is 3.78. The zero-order valence-electron chi connectivity index (χ0n) is 11.6. The van der Waals surface area contributed by atoms with Crippen molar-refractivity contribution < 1.29 is 0 Å². The first-order valence-electron chi connectivity index (χ1n) is 7.47. The molecule has 17 heavy (non-hydrogen) atoms. The molecule has 1 atom stereocenters. The van der Waals surface area contributed by atoms with Crippen molar-refractivity contribution in [1.29, 1.82) is 0 Å². The minimum absolute atomic E-state index is 0.548. The number of thioether (sulfide) groups is 1. The van der Waals surface area contributed by atoms with E-state index in [1.807, 2.05) is 0 Å². The Morgan fingerprint density at radius 1 is 1.24 bits per heavy atom. The van der Waals surface area contributed by atoms with Gasteiger partial charge in [-0.1, -0.05) is 39.5 Å². The molecule has 0 aromatic rings. The highest BCUT2D eigenvalue weighted by Gasteiger charge is 2.27. The van der Waals surface area contributed by atoms with Crippen molar-refractivity contribution in [2.24, 2.45) is 11.3 Å². The Balaban J connectivity index is 1.55. The molecule has 2 fully saturated rings. The van der Waals surface area contributed by atoms with Gasteiger partial charge in [-0.2, -0.15) is 11.8 Å². The van der Waals surface area contributed by atoms with Gasteiger partial charge in [0.1, 0.15) is 0 Å². The highest BCUT2D eigenvalue weighted by atomic mass is 32.2. The Morgan fingerprint density at radius 2 is 2.00 bits per heavy atom. The minimum Gasteiger partial charge on any atom is -0.313 e. The SMILES string of the molecule is CC1(C)CSCC(NCCCC2CCCC2)C1. The van der Waals surface area contributed by atoms with Crippen molar-refractivity contribution in [3.8, 4) is 0 Å². The van der Waals surface area contributed by atoms with Crippen molar-refractivity contribution in [1.82, 2.24) is 5.32 Å². The molecule has 0 amide bonds. The molecule has 1 aliphatic heterocycles. The Labute approximate surface area is 112 Å². The largest absolute Gasteiger partial charge is 0.313 e. The molecule has 0 spiro atoms. The summed E-state index contributed by atoms with van der Waals surface area (Å²) >= 11 is 2.13. The molecule has 1 unspecified atom stereocenters. The maximum absolute atomic E-state index is 3.78. The van der Waals surface area contributed by atoms with Crippen LogP contribution in [0.1, 0.15) is 58.8 Å². The Hall–Kier alpha value is 0.310. The molecule has 1 N–H and O–H groups in total. The van der Waals surface area contributed by atoms with E-state index < -0.39 is 0 Å². The molecular formula is C15H29NS. The van der Waals surface area contributed by atoms with Gasteiger partial charge >= 0.3 is 0 Å². The van der Waals surface area contributed by atoms with Crippen LogP contribution in [0.2, 0.25) is 0 Å². The van der Waals surface area contributed by atoms with Crippen LogP contribution in [0.25, 0.3) is 0 Å². The second-order valence-electron chi connectivity index (χ2n) is 6.83. The molecule has 0 aromatic heterocycles. The summed E-state index contributed by atoms with van der Waals surface area (Å²) in [5, 5.41) is 3.78. The van der Waals surface area contributed by atoms with Crippen LogP contribution in [0.4, 0.5) is 0 Å². The molecule has 100 valence electrons. The van der Waals surface area contributed by atoms with Crippen LogP contribution in [0, 0.1) is 11.3 Å². The minimum atomic E-state index is 0.548. The second kappa shape index (κ2) is 6.47. The van der Waals surface area contributed by atoms with Crippen LogP contribution in [0.5, 0.6) is 0 Å². The van der Waals surface area contributed by atoms with E-state index in [4.69, 9.17) is 0 Å². The van der Waals surface area contributed by atoms with Crippen molar-refractivity contribution >= 4 is 11.8 Å². The van der Waals surface area contributed by atoms with Gasteiger partial charge in [0.05, 0.1) is 0 Å². The molecule has 2 rings (SSSR count). The fourth-order valence-corrected chi connectivity index (χ4v) is 4.70. The van der Waals surface area contributed by atoms with Gasteiger partial charge in [0.25, 0.3) is 0 Å². The molecule has 1 aliphatic carbocycles. The smallest absolute Gasteiger partial charge is 0.0163 e. The van der Waals surface area contributed by atoms with Crippen molar-refractivity contribution in [2.75, 3.05) is 18.1 Å². The average molecular weight is 255 g/mol. The van der Waals surface area contributed by atoms with Crippen LogP contribution in [-0.2, 0) is 0 Å². The summed E-state index contributed by atoms with van der Waals surface area (Å²) in [6.07, 6.45) is 10.2. The number of rotatable bonds is 5. The molecule has 0 aromatic carbocycles. The topological polar surface area (TPSA) is 12.0 Å². The van der Waals surface area contributed by atoms with E-state index in [0.29, 0.717) is 5.41 Å². The number of hydrogen-bond donors (Lipinski definition) is 1. The summed E-state index contributed by atoms with van der Waals surface area (Å²) in [6, 6.07) is 0.771. The van der Waals surface area contributed by atoms with Crippen molar-refractivity contribution in [3.63, 3.8) is 0 Å². The van der Waals surface area contributed by atoms with Crippen LogP contribution in [0.3, 0.4) is 0 Å². The van der Waals surface area contributed by atoms with Crippen LogP contribution in [-0.4, -0.2) is 24.1 Å². The molecular weight excluding hydrogens is 226 g/mol. The third-order valence-corrected chi connectivity index (χ3v) is 5.93. The first-order valence-corrected chi connectivity index (χ1v) is 8.62. The molecule has 1 nitrogen and oxygen atoms in total. The van der Waals surface area contributed by atoms with Gasteiger partial charge < -0.3 is 5.32 Å². The quantitative estimate of drug-likeness (QED) is 0.743. The lowest BCUT2D eigenvalue weighted by atomic mass is 9.88. The summed E-state index contributed by atoms with van der Waals surface area (Å²) in [5.41, 5.74) is 0.548. The Morgan fingerprint density at radius 3 is 2.71 bits per heavy atom. The molecule has 1 heterocycles. The molecule has 2 aliphatic rings. The fourth-order valence-electron chi connectivity index (χ4n) is 3.39. The lowest BCUT2D eigenvalue weighted by Crippen LogP contribution is -2.40. The first-order chi connectivity index (χ1) is 8.16. The zero-order chi connectivity index (χ0) is 12.1. The van der Waals surface area contributed by atoms with Gasteiger partial charge in [0, 0.05) is 11.8 Å². The summed E-state index contributed by atoms with van der Waals surface area (Å²) in [7, 11) is 0. The van der Waals surface area contributed by atoms with Crippen LogP contribution < -0.4 is 5.32 Å². The molecule has 1 saturated carbocycles. The van der Waals surface area contributed by atoms with Crippen molar-refractivity contribution in [3.05, 3.63) is 0 Å². The van der Waals surface area contributed by atoms with Gasteiger partial charge in [-0.15, -0.1) is 0 Å². The second-order valence-corrected chi connectivity index (χ2v) is 7.86. The van der Waals surface area contributed by atoms with E-state index in [1.165, 1.54) is 63.0 Å². The highest BCUT2D eigenvalue weighted by molar-refractivity contribution is 7.99. The standard InChI is InChI=1S/C15H29NS/c1-15(2)10-14(11-17-12-15)16-9-5-8-13-6-3-4-7-13/h13-14,16H,3-12H2,1-2H3. The normalized spacial score (nSPS) is 29.6. The lowest BCUT2D eigenvalue weighted by Gasteiger charge is -2.35. The van der Waals surface area contributed by atoms with Gasteiger partial charge in [0.2, 0.25) is 0 Å². The molecule has 1 saturated heterocycles.